The Morgan fingerprint density at radius 1 is 1.00 bits per heavy atom. The summed E-state index contributed by atoms with van der Waals surface area (Å²) in [7, 11) is 1.64. The van der Waals surface area contributed by atoms with Gasteiger partial charge in [-0.25, -0.2) is 0 Å². The largest absolute Gasteiger partial charge is 0.508 e. The number of para-hydroxylation sites is 1. The van der Waals surface area contributed by atoms with Crippen LogP contribution in [-0.4, -0.2) is 38.6 Å². The fourth-order valence-electron chi connectivity index (χ4n) is 1.18. The molecule has 0 unspecified atom stereocenters. The van der Waals surface area contributed by atoms with E-state index < -0.39 is 0 Å². The van der Waals surface area contributed by atoms with Crippen LogP contribution in [0.4, 0.5) is 0 Å². The quantitative estimate of drug-likeness (QED) is 0.683. The minimum absolute atomic E-state index is 0.266. The van der Waals surface area contributed by atoms with Gasteiger partial charge in [-0.2, -0.15) is 0 Å². The smallest absolute Gasteiger partial charge is 0.121 e. The van der Waals surface area contributed by atoms with Crippen molar-refractivity contribution in [2.24, 2.45) is 0 Å². The Kier molecular flexibility index (Phi) is 6.56. The van der Waals surface area contributed by atoms with Crippen molar-refractivity contribution in [3.8, 4) is 5.75 Å². The number of phenols is 1. The first-order chi connectivity index (χ1) is 7.84. The average Bonchev–Trinajstić information content (AvgIpc) is 2.30. The molecule has 0 spiro atoms. The Hall–Kier alpha value is -1.10. The number of aromatic hydroxyl groups is 1. The third-order valence-electron chi connectivity index (χ3n) is 2.05. The first kappa shape index (κ1) is 13.0. The van der Waals surface area contributed by atoms with Crippen LogP contribution in [0.3, 0.4) is 0 Å². The van der Waals surface area contributed by atoms with Gasteiger partial charge >= 0.3 is 0 Å². The van der Waals surface area contributed by atoms with Crippen LogP contribution >= 0.6 is 0 Å². The van der Waals surface area contributed by atoms with E-state index >= 15 is 0 Å². The van der Waals surface area contributed by atoms with Crippen LogP contribution in [-0.2, 0) is 20.8 Å². The van der Waals surface area contributed by atoms with Gasteiger partial charge in [0.1, 0.15) is 5.75 Å². The zero-order valence-corrected chi connectivity index (χ0v) is 9.52. The number of benzene rings is 1. The summed E-state index contributed by atoms with van der Waals surface area (Å²) in [5.41, 5.74) is 0.791. The van der Waals surface area contributed by atoms with Crippen molar-refractivity contribution in [1.82, 2.24) is 0 Å². The summed E-state index contributed by atoms with van der Waals surface area (Å²) >= 11 is 0. The van der Waals surface area contributed by atoms with Crippen molar-refractivity contribution >= 4 is 0 Å². The van der Waals surface area contributed by atoms with Crippen molar-refractivity contribution in [1.29, 1.82) is 0 Å². The SMILES string of the molecule is COCCOCCOCc1ccccc1O. The van der Waals surface area contributed by atoms with Crippen molar-refractivity contribution in [2.75, 3.05) is 33.5 Å². The molecule has 0 heterocycles. The van der Waals surface area contributed by atoms with Gasteiger partial charge in [0.05, 0.1) is 33.0 Å². The number of hydrogen-bond acceptors (Lipinski definition) is 4. The summed E-state index contributed by atoms with van der Waals surface area (Å²) < 4.78 is 15.4. The molecule has 0 fully saturated rings. The van der Waals surface area contributed by atoms with Crippen LogP contribution in [0.25, 0.3) is 0 Å². The van der Waals surface area contributed by atoms with E-state index in [2.05, 4.69) is 0 Å². The molecule has 0 aliphatic carbocycles. The summed E-state index contributed by atoms with van der Waals surface area (Å²) in [4.78, 5) is 0. The summed E-state index contributed by atoms with van der Waals surface area (Å²) in [6.45, 7) is 2.63. The predicted molar refractivity (Wildman–Crippen MR) is 60.5 cm³/mol. The molecular weight excluding hydrogens is 208 g/mol. The van der Waals surface area contributed by atoms with Gasteiger partial charge in [0.15, 0.2) is 0 Å². The van der Waals surface area contributed by atoms with E-state index in [1.807, 2.05) is 12.1 Å². The lowest BCUT2D eigenvalue weighted by Gasteiger charge is -2.06. The van der Waals surface area contributed by atoms with Crippen molar-refractivity contribution in [3.05, 3.63) is 29.8 Å². The highest BCUT2D eigenvalue weighted by atomic mass is 16.5. The highest BCUT2D eigenvalue weighted by Gasteiger charge is 1.98. The third kappa shape index (κ3) is 5.11. The van der Waals surface area contributed by atoms with Gasteiger partial charge in [-0.1, -0.05) is 18.2 Å². The van der Waals surface area contributed by atoms with Gasteiger partial charge in [0.2, 0.25) is 0 Å². The molecule has 16 heavy (non-hydrogen) atoms. The normalized spacial score (nSPS) is 10.6. The zero-order chi connectivity index (χ0) is 11.6. The van der Waals surface area contributed by atoms with E-state index in [1.165, 1.54) is 0 Å². The lowest BCUT2D eigenvalue weighted by atomic mass is 10.2. The third-order valence-corrected chi connectivity index (χ3v) is 2.05. The molecule has 1 N–H and O–H groups in total. The molecule has 0 radical (unpaired) electrons. The number of hydrogen-bond donors (Lipinski definition) is 1. The molecule has 0 saturated carbocycles. The van der Waals surface area contributed by atoms with Crippen LogP contribution < -0.4 is 0 Å². The molecule has 4 nitrogen and oxygen atoms in total. The number of methoxy groups -OCH3 is 1. The van der Waals surface area contributed by atoms with Crippen molar-refractivity contribution in [2.45, 2.75) is 6.61 Å². The Balaban J connectivity index is 2.05. The lowest BCUT2D eigenvalue weighted by Crippen LogP contribution is -2.08. The molecule has 0 saturated heterocycles. The molecule has 0 bridgehead atoms. The zero-order valence-electron chi connectivity index (χ0n) is 9.52. The molecule has 1 rings (SSSR count). The monoisotopic (exact) mass is 226 g/mol. The Labute approximate surface area is 95.8 Å². The Morgan fingerprint density at radius 3 is 2.44 bits per heavy atom. The standard InChI is InChI=1S/C12H18O4/c1-14-6-7-15-8-9-16-10-11-4-2-3-5-12(11)13/h2-5,13H,6-10H2,1H3. The average molecular weight is 226 g/mol. The fourth-order valence-corrected chi connectivity index (χ4v) is 1.18. The summed E-state index contributed by atoms with van der Waals surface area (Å²) in [5, 5.41) is 9.46. The van der Waals surface area contributed by atoms with Gasteiger partial charge in [0.25, 0.3) is 0 Å². The maximum Gasteiger partial charge on any atom is 0.121 e. The molecule has 4 heteroatoms. The minimum atomic E-state index is 0.266. The molecule has 0 atom stereocenters. The van der Waals surface area contributed by atoms with E-state index in [4.69, 9.17) is 14.2 Å². The maximum atomic E-state index is 9.46. The van der Waals surface area contributed by atoms with E-state index in [-0.39, 0.29) is 5.75 Å². The van der Waals surface area contributed by atoms with E-state index in [1.54, 1.807) is 19.2 Å². The van der Waals surface area contributed by atoms with Gasteiger partial charge in [-0.15, -0.1) is 0 Å². The molecule has 1 aromatic rings. The second-order valence-corrected chi connectivity index (χ2v) is 3.29. The Bertz CT molecular complexity index is 288. The van der Waals surface area contributed by atoms with E-state index in [9.17, 15) is 5.11 Å². The maximum absolute atomic E-state index is 9.46. The van der Waals surface area contributed by atoms with Crippen LogP contribution in [0.5, 0.6) is 5.75 Å². The van der Waals surface area contributed by atoms with Crippen LogP contribution in [0.1, 0.15) is 5.56 Å². The van der Waals surface area contributed by atoms with Gasteiger partial charge in [0, 0.05) is 12.7 Å². The summed E-state index contributed by atoms with van der Waals surface area (Å²) in [6, 6.07) is 7.13. The van der Waals surface area contributed by atoms with Gasteiger partial charge in [-0.05, 0) is 6.07 Å². The highest BCUT2D eigenvalue weighted by Crippen LogP contribution is 2.15. The fraction of sp³-hybridized carbons (Fsp3) is 0.500. The lowest BCUT2D eigenvalue weighted by molar-refractivity contribution is 0.0196. The molecular formula is C12H18O4. The van der Waals surface area contributed by atoms with Crippen molar-refractivity contribution in [3.63, 3.8) is 0 Å². The minimum Gasteiger partial charge on any atom is -0.508 e. The molecule has 90 valence electrons. The number of phenolic OH excluding ortho intramolecular Hbond substituents is 1. The van der Waals surface area contributed by atoms with Crippen LogP contribution in [0.2, 0.25) is 0 Å². The molecule has 1 aromatic carbocycles. The predicted octanol–water partition coefficient (Wildman–Crippen LogP) is 1.57. The summed E-state index contributed by atoms with van der Waals surface area (Å²) in [5.74, 6) is 0.266. The molecule has 0 aromatic heterocycles. The highest BCUT2D eigenvalue weighted by molar-refractivity contribution is 5.30. The first-order valence-corrected chi connectivity index (χ1v) is 5.26. The second kappa shape index (κ2) is 8.10. The number of rotatable bonds is 8. The Morgan fingerprint density at radius 2 is 1.69 bits per heavy atom. The topological polar surface area (TPSA) is 47.9 Å². The van der Waals surface area contributed by atoms with Gasteiger partial charge in [-0.3, -0.25) is 0 Å². The second-order valence-electron chi connectivity index (χ2n) is 3.29. The van der Waals surface area contributed by atoms with Crippen LogP contribution in [0, 0.1) is 0 Å². The van der Waals surface area contributed by atoms with E-state index in [0.717, 1.165) is 5.56 Å². The van der Waals surface area contributed by atoms with Gasteiger partial charge < -0.3 is 19.3 Å². The van der Waals surface area contributed by atoms with Crippen LogP contribution in [0.15, 0.2) is 24.3 Å². The van der Waals surface area contributed by atoms with E-state index in [0.29, 0.717) is 33.0 Å². The number of ether oxygens (including phenoxy) is 3. The molecule has 0 aliphatic heterocycles. The molecule has 0 aliphatic rings. The summed E-state index contributed by atoms with van der Waals surface area (Å²) in [6.07, 6.45) is 0. The van der Waals surface area contributed by atoms with Crippen molar-refractivity contribution < 1.29 is 19.3 Å². The first-order valence-electron chi connectivity index (χ1n) is 5.26. The molecule has 0 amide bonds.